The summed E-state index contributed by atoms with van der Waals surface area (Å²) < 4.78 is 25.9. The van der Waals surface area contributed by atoms with Crippen LogP contribution in [0.3, 0.4) is 0 Å². The lowest BCUT2D eigenvalue weighted by molar-refractivity contribution is -0.140. The molecule has 0 amide bonds. The molecule has 0 aromatic rings. The van der Waals surface area contributed by atoms with Gasteiger partial charge in [0, 0.05) is 6.42 Å². The van der Waals surface area contributed by atoms with Gasteiger partial charge in [0.1, 0.15) is 0 Å². The van der Waals surface area contributed by atoms with Crippen molar-refractivity contribution in [3.63, 3.8) is 0 Å². The third kappa shape index (κ3) is 13.4. The number of primary sulfonamides is 1. The first-order valence-corrected chi connectivity index (χ1v) is 8.24. The number of methoxy groups -OCH3 is 1. The Balaban J connectivity index is 3.15. The van der Waals surface area contributed by atoms with Gasteiger partial charge in [-0.2, -0.15) is 0 Å². The van der Waals surface area contributed by atoms with Crippen molar-refractivity contribution >= 4 is 16.0 Å². The van der Waals surface area contributed by atoms with Crippen LogP contribution in [-0.4, -0.2) is 27.2 Å². The van der Waals surface area contributed by atoms with Crippen LogP contribution in [-0.2, 0) is 19.6 Å². The molecular formula is C12H25NO4S. The maximum atomic E-state index is 10.8. The number of sulfonamides is 1. The average Bonchev–Trinajstić information content (AvgIpc) is 2.29. The van der Waals surface area contributed by atoms with Crippen molar-refractivity contribution in [1.82, 2.24) is 0 Å². The fourth-order valence-electron chi connectivity index (χ4n) is 1.74. The normalized spacial score (nSPS) is 11.4. The predicted molar refractivity (Wildman–Crippen MR) is 71.5 cm³/mol. The summed E-state index contributed by atoms with van der Waals surface area (Å²) in [5.41, 5.74) is 0. The van der Waals surface area contributed by atoms with Gasteiger partial charge in [0.25, 0.3) is 0 Å². The molecule has 0 saturated heterocycles. The molecule has 5 nitrogen and oxygen atoms in total. The number of nitrogens with two attached hydrogens (primary N) is 1. The van der Waals surface area contributed by atoms with E-state index >= 15 is 0 Å². The van der Waals surface area contributed by atoms with Gasteiger partial charge in [-0.05, 0) is 12.8 Å². The Labute approximate surface area is 110 Å². The Kier molecular flexibility index (Phi) is 9.96. The number of esters is 1. The highest BCUT2D eigenvalue weighted by Gasteiger charge is 2.01. The second kappa shape index (κ2) is 10.3. The minimum Gasteiger partial charge on any atom is -0.469 e. The molecule has 0 aliphatic carbocycles. The SMILES string of the molecule is COC(=O)CCCCCCCCCCS(N)(=O)=O. The molecule has 6 heteroatoms. The minimum atomic E-state index is -3.28. The molecule has 0 aliphatic heterocycles. The highest BCUT2D eigenvalue weighted by atomic mass is 32.2. The van der Waals surface area contributed by atoms with E-state index in [0.29, 0.717) is 12.8 Å². The van der Waals surface area contributed by atoms with Crippen LogP contribution in [0.2, 0.25) is 0 Å². The Hall–Kier alpha value is -0.620. The van der Waals surface area contributed by atoms with E-state index in [2.05, 4.69) is 4.74 Å². The number of ether oxygens (including phenoxy) is 1. The first-order chi connectivity index (χ1) is 8.45. The van der Waals surface area contributed by atoms with Gasteiger partial charge in [0.2, 0.25) is 10.0 Å². The summed E-state index contributed by atoms with van der Waals surface area (Å²) in [6, 6.07) is 0. The van der Waals surface area contributed by atoms with Gasteiger partial charge >= 0.3 is 5.97 Å². The Bertz CT molecular complexity index is 314. The average molecular weight is 279 g/mol. The number of carbonyl (C=O) groups excluding carboxylic acids is 1. The molecule has 0 aliphatic rings. The number of unbranched alkanes of at least 4 members (excludes halogenated alkanes) is 7. The van der Waals surface area contributed by atoms with Crippen molar-refractivity contribution in [1.29, 1.82) is 0 Å². The molecular weight excluding hydrogens is 254 g/mol. The molecule has 0 rings (SSSR count). The summed E-state index contributed by atoms with van der Waals surface area (Å²) in [5.74, 6) is -0.0513. The van der Waals surface area contributed by atoms with E-state index in [1.165, 1.54) is 7.11 Å². The minimum absolute atomic E-state index is 0.0894. The monoisotopic (exact) mass is 279 g/mol. The van der Waals surface area contributed by atoms with Crippen LogP contribution < -0.4 is 5.14 Å². The lowest BCUT2D eigenvalue weighted by atomic mass is 10.1. The van der Waals surface area contributed by atoms with Crippen LogP contribution in [0.4, 0.5) is 0 Å². The fraction of sp³-hybridized carbons (Fsp3) is 0.917. The van der Waals surface area contributed by atoms with E-state index < -0.39 is 10.0 Å². The zero-order valence-corrected chi connectivity index (χ0v) is 12.0. The molecule has 0 aromatic heterocycles. The Morgan fingerprint density at radius 3 is 1.83 bits per heavy atom. The largest absolute Gasteiger partial charge is 0.469 e. The third-order valence-corrected chi connectivity index (χ3v) is 3.65. The van der Waals surface area contributed by atoms with Gasteiger partial charge in [-0.25, -0.2) is 13.6 Å². The number of hydrogen-bond donors (Lipinski definition) is 1. The van der Waals surface area contributed by atoms with Crippen LogP contribution >= 0.6 is 0 Å². The van der Waals surface area contributed by atoms with Gasteiger partial charge in [-0.1, -0.05) is 38.5 Å². The summed E-state index contributed by atoms with van der Waals surface area (Å²) in [6.45, 7) is 0. The topological polar surface area (TPSA) is 86.5 Å². The molecule has 0 unspecified atom stereocenters. The summed E-state index contributed by atoms with van der Waals surface area (Å²) in [6.07, 6.45) is 8.42. The number of hydrogen-bond acceptors (Lipinski definition) is 4. The van der Waals surface area contributed by atoms with Crippen molar-refractivity contribution in [2.75, 3.05) is 12.9 Å². The highest BCUT2D eigenvalue weighted by molar-refractivity contribution is 7.89. The summed E-state index contributed by atoms with van der Waals surface area (Å²) in [5, 5.41) is 4.90. The highest BCUT2D eigenvalue weighted by Crippen LogP contribution is 2.10. The molecule has 0 heterocycles. The van der Waals surface area contributed by atoms with Crippen LogP contribution in [0.5, 0.6) is 0 Å². The van der Waals surface area contributed by atoms with Crippen molar-refractivity contribution in [3.05, 3.63) is 0 Å². The Morgan fingerprint density at radius 2 is 1.39 bits per heavy atom. The van der Waals surface area contributed by atoms with E-state index in [9.17, 15) is 13.2 Å². The first-order valence-electron chi connectivity index (χ1n) is 6.53. The van der Waals surface area contributed by atoms with Crippen LogP contribution in [0, 0.1) is 0 Å². The molecule has 0 fully saturated rings. The maximum Gasteiger partial charge on any atom is 0.305 e. The van der Waals surface area contributed by atoms with Gasteiger partial charge in [-0.15, -0.1) is 0 Å². The maximum absolute atomic E-state index is 10.8. The van der Waals surface area contributed by atoms with E-state index in [4.69, 9.17) is 5.14 Å². The van der Waals surface area contributed by atoms with E-state index in [0.717, 1.165) is 44.9 Å². The number of rotatable bonds is 11. The van der Waals surface area contributed by atoms with Gasteiger partial charge in [0.15, 0.2) is 0 Å². The molecule has 0 atom stereocenters. The zero-order chi connectivity index (χ0) is 13.9. The predicted octanol–water partition coefficient (Wildman–Crippen LogP) is 1.96. The van der Waals surface area contributed by atoms with E-state index in [-0.39, 0.29) is 11.7 Å². The lowest BCUT2D eigenvalue weighted by Crippen LogP contribution is -2.16. The summed E-state index contributed by atoms with van der Waals surface area (Å²) in [4.78, 5) is 10.8. The molecule has 108 valence electrons. The van der Waals surface area contributed by atoms with Gasteiger partial charge < -0.3 is 4.74 Å². The van der Waals surface area contributed by atoms with Gasteiger partial charge in [0.05, 0.1) is 12.9 Å². The van der Waals surface area contributed by atoms with Crippen molar-refractivity contribution in [3.8, 4) is 0 Å². The molecule has 0 saturated carbocycles. The van der Waals surface area contributed by atoms with Crippen LogP contribution in [0.15, 0.2) is 0 Å². The molecule has 2 N–H and O–H groups in total. The van der Waals surface area contributed by atoms with E-state index in [1.54, 1.807) is 0 Å². The van der Waals surface area contributed by atoms with Crippen LogP contribution in [0.1, 0.15) is 57.8 Å². The van der Waals surface area contributed by atoms with Crippen molar-refractivity contribution in [2.45, 2.75) is 57.8 Å². The van der Waals surface area contributed by atoms with E-state index in [1.807, 2.05) is 0 Å². The first kappa shape index (κ1) is 17.4. The fourth-order valence-corrected chi connectivity index (χ4v) is 2.34. The molecule has 0 bridgehead atoms. The van der Waals surface area contributed by atoms with Crippen molar-refractivity contribution < 1.29 is 17.9 Å². The second-order valence-corrected chi connectivity index (χ2v) is 6.26. The summed E-state index contributed by atoms with van der Waals surface area (Å²) >= 11 is 0. The smallest absolute Gasteiger partial charge is 0.305 e. The molecule has 18 heavy (non-hydrogen) atoms. The quantitative estimate of drug-likeness (QED) is 0.462. The number of carbonyl (C=O) groups is 1. The molecule has 0 radical (unpaired) electrons. The summed E-state index contributed by atoms with van der Waals surface area (Å²) in [7, 11) is -1.88. The lowest BCUT2D eigenvalue weighted by Gasteiger charge is -2.02. The zero-order valence-electron chi connectivity index (χ0n) is 11.2. The molecule has 0 spiro atoms. The molecule has 0 aromatic carbocycles. The van der Waals surface area contributed by atoms with Crippen LogP contribution in [0.25, 0.3) is 0 Å². The van der Waals surface area contributed by atoms with Gasteiger partial charge in [-0.3, -0.25) is 4.79 Å². The Morgan fingerprint density at radius 1 is 0.944 bits per heavy atom. The second-order valence-electron chi connectivity index (χ2n) is 4.52. The third-order valence-electron chi connectivity index (χ3n) is 2.79. The standard InChI is InChI=1S/C12H25NO4S/c1-17-12(14)10-8-6-4-2-3-5-7-9-11-18(13,15)16/h2-11H2,1H3,(H2,13,15,16). The van der Waals surface area contributed by atoms with Crippen molar-refractivity contribution in [2.24, 2.45) is 5.14 Å².